The predicted molar refractivity (Wildman–Crippen MR) is 124 cm³/mol. The first-order valence-electron chi connectivity index (χ1n) is 8.98. The zero-order valence-corrected chi connectivity index (χ0v) is 19.6. The zero-order valence-electron chi connectivity index (χ0n) is 16.4. The number of fused-ring (bicyclic) bond motifs is 1. The van der Waals surface area contributed by atoms with Crippen LogP contribution in [0.25, 0.3) is 11.0 Å². The van der Waals surface area contributed by atoms with Gasteiger partial charge in [0.15, 0.2) is 0 Å². The van der Waals surface area contributed by atoms with Crippen LogP contribution < -0.4 is 14.8 Å². The lowest BCUT2D eigenvalue weighted by molar-refractivity contribution is 0.484. The normalized spacial score (nSPS) is 17.5. The van der Waals surface area contributed by atoms with E-state index in [1.807, 2.05) is 0 Å². The molecular weight excluding hydrogens is 482 g/mol. The first-order chi connectivity index (χ1) is 14.5. The number of nitrogens with one attached hydrogen (secondary N) is 1. The monoisotopic (exact) mass is 499 g/mol. The lowest BCUT2D eigenvalue weighted by Gasteiger charge is -2.27. The third kappa shape index (κ3) is 4.15. The fourth-order valence-corrected chi connectivity index (χ4v) is 7.03. The molecule has 1 aromatic heterocycles. The topological polar surface area (TPSA) is 123 Å². The number of benzene rings is 2. The summed E-state index contributed by atoms with van der Waals surface area (Å²) in [5.41, 5.74) is 1.44. The third-order valence-electron chi connectivity index (χ3n) is 4.69. The number of sulfonamides is 2. The average Bonchev–Trinajstić information content (AvgIpc) is 3.24. The number of nitrogens with two attached hydrogens (primary N) is 1. The van der Waals surface area contributed by atoms with Gasteiger partial charge in [0.1, 0.15) is 9.82 Å². The number of anilines is 2. The molecule has 3 N–H and O–H groups in total. The summed E-state index contributed by atoms with van der Waals surface area (Å²) < 4.78 is 58.0. The SMILES string of the molecule is CC1=C(S(N)(=O)=O)SC(C)N1c1ccc(Cl)cc1NS(=O)(=O)c1cc2ccccc2o1. The molecule has 1 unspecified atom stereocenters. The van der Waals surface area contributed by atoms with Crippen LogP contribution in [0.15, 0.2) is 68.0 Å². The largest absolute Gasteiger partial charge is 0.443 e. The van der Waals surface area contributed by atoms with Crippen LogP contribution in [-0.4, -0.2) is 22.2 Å². The number of allylic oxidation sites excluding steroid dienone is 1. The van der Waals surface area contributed by atoms with E-state index in [1.54, 1.807) is 55.1 Å². The Kier molecular flexibility index (Phi) is 5.51. The first kappa shape index (κ1) is 22.0. The molecule has 1 aliphatic heterocycles. The molecule has 0 saturated carbocycles. The van der Waals surface area contributed by atoms with Crippen LogP contribution in [0, 0.1) is 0 Å². The number of furan rings is 1. The molecular formula is C19H18ClN3O5S3. The summed E-state index contributed by atoms with van der Waals surface area (Å²) in [6.07, 6.45) is 0. The van der Waals surface area contributed by atoms with Gasteiger partial charge in [-0.15, -0.1) is 0 Å². The van der Waals surface area contributed by atoms with Gasteiger partial charge < -0.3 is 9.32 Å². The Morgan fingerprint density at radius 1 is 1.13 bits per heavy atom. The molecule has 1 atom stereocenters. The fraction of sp³-hybridized carbons (Fsp3) is 0.158. The van der Waals surface area contributed by atoms with Crippen molar-refractivity contribution >= 4 is 65.8 Å². The summed E-state index contributed by atoms with van der Waals surface area (Å²) in [5.74, 6) is 0. The Bertz CT molecular complexity index is 1400. The molecule has 0 bridgehead atoms. The van der Waals surface area contributed by atoms with Crippen molar-refractivity contribution in [3.63, 3.8) is 0 Å². The molecule has 1 aliphatic rings. The number of rotatable bonds is 5. The number of hydrogen-bond acceptors (Lipinski definition) is 7. The lowest BCUT2D eigenvalue weighted by atomic mass is 10.2. The summed E-state index contributed by atoms with van der Waals surface area (Å²) in [6, 6.07) is 13.0. The van der Waals surface area contributed by atoms with Crippen LogP contribution in [0.4, 0.5) is 11.4 Å². The summed E-state index contributed by atoms with van der Waals surface area (Å²) in [6.45, 7) is 3.40. The van der Waals surface area contributed by atoms with E-state index in [1.165, 1.54) is 12.1 Å². The van der Waals surface area contributed by atoms with Crippen LogP contribution in [0.3, 0.4) is 0 Å². The van der Waals surface area contributed by atoms with Gasteiger partial charge in [0.25, 0.3) is 10.0 Å². The number of thioether (sulfide) groups is 1. The van der Waals surface area contributed by atoms with Gasteiger partial charge in [-0.3, -0.25) is 4.72 Å². The van der Waals surface area contributed by atoms with Gasteiger partial charge in [-0.25, -0.2) is 13.6 Å². The molecule has 0 spiro atoms. The second kappa shape index (κ2) is 7.75. The molecule has 31 heavy (non-hydrogen) atoms. The van der Waals surface area contributed by atoms with Crippen LogP contribution >= 0.6 is 23.4 Å². The van der Waals surface area contributed by atoms with Gasteiger partial charge in [0, 0.05) is 22.2 Å². The van der Waals surface area contributed by atoms with Crippen molar-refractivity contribution in [2.75, 3.05) is 9.62 Å². The Morgan fingerprint density at radius 3 is 2.48 bits per heavy atom. The highest BCUT2D eigenvalue weighted by Crippen LogP contribution is 2.45. The highest BCUT2D eigenvalue weighted by Gasteiger charge is 2.35. The average molecular weight is 500 g/mol. The van der Waals surface area contributed by atoms with E-state index in [4.69, 9.17) is 21.2 Å². The van der Waals surface area contributed by atoms with Gasteiger partial charge >= 0.3 is 0 Å². The van der Waals surface area contributed by atoms with E-state index in [2.05, 4.69) is 4.72 Å². The Balaban J connectivity index is 1.78. The Morgan fingerprint density at radius 2 is 1.84 bits per heavy atom. The van der Waals surface area contributed by atoms with Gasteiger partial charge in [0.05, 0.1) is 16.7 Å². The molecule has 0 amide bonds. The molecule has 8 nitrogen and oxygen atoms in total. The molecule has 12 heteroatoms. The third-order valence-corrected chi connectivity index (χ3v) is 9.00. The quantitative estimate of drug-likeness (QED) is 0.537. The lowest BCUT2D eigenvalue weighted by Crippen LogP contribution is -2.26. The number of halogens is 1. The second-order valence-corrected chi connectivity index (χ2v) is 12.0. The molecule has 0 fully saturated rings. The molecule has 164 valence electrons. The molecule has 2 aromatic carbocycles. The van der Waals surface area contributed by atoms with Crippen molar-refractivity contribution in [3.8, 4) is 0 Å². The van der Waals surface area contributed by atoms with Crippen LogP contribution in [0.2, 0.25) is 5.02 Å². The van der Waals surface area contributed by atoms with Gasteiger partial charge in [-0.1, -0.05) is 41.6 Å². The molecule has 2 heterocycles. The summed E-state index contributed by atoms with van der Waals surface area (Å²) in [7, 11) is -8.01. The van der Waals surface area contributed by atoms with Gasteiger partial charge in [-0.2, -0.15) is 8.42 Å². The zero-order chi connectivity index (χ0) is 22.6. The van der Waals surface area contributed by atoms with Crippen LogP contribution in [0.5, 0.6) is 0 Å². The minimum atomic E-state index is -4.09. The van der Waals surface area contributed by atoms with Gasteiger partial charge in [-0.05, 0) is 38.1 Å². The summed E-state index contributed by atoms with van der Waals surface area (Å²) in [5, 5.41) is 5.69. The van der Waals surface area contributed by atoms with E-state index < -0.39 is 20.0 Å². The predicted octanol–water partition coefficient (Wildman–Crippen LogP) is 4.26. The molecule has 3 aromatic rings. The maximum atomic E-state index is 13.0. The molecule has 4 rings (SSSR count). The minimum Gasteiger partial charge on any atom is -0.443 e. The van der Waals surface area contributed by atoms with Crippen molar-refractivity contribution in [1.82, 2.24) is 0 Å². The highest BCUT2D eigenvalue weighted by atomic mass is 35.5. The first-order valence-corrected chi connectivity index (χ1v) is 13.3. The van der Waals surface area contributed by atoms with E-state index in [0.717, 1.165) is 11.8 Å². The molecule has 0 aliphatic carbocycles. The molecule has 0 saturated heterocycles. The maximum absolute atomic E-state index is 13.0. The number of para-hydroxylation sites is 1. The number of nitrogens with zero attached hydrogens (tertiary/aromatic N) is 1. The Labute approximate surface area is 189 Å². The minimum absolute atomic E-state index is 0.0287. The van der Waals surface area contributed by atoms with Crippen molar-refractivity contribution in [3.05, 3.63) is 63.5 Å². The number of primary sulfonamides is 1. The summed E-state index contributed by atoms with van der Waals surface area (Å²) in [4.78, 5) is 1.69. The van der Waals surface area contributed by atoms with Crippen molar-refractivity contribution in [1.29, 1.82) is 0 Å². The summed E-state index contributed by atoms with van der Waals surface area (Å²) >= 11 is 7.20. The van der Waals surface area contributed by atoms with E-state index >= 15 is 0 Å². The number of hydrogen-bond donors (Lipinski definition) is 2. The van der Waals surface area contributed by atoms with Crippen LogP contribution in [-0.2, 0) is 20.0 Å². The fourth-order valence-electron chi connectivity index (χ4n) is 3.40. The molecule has 0 radical (unpaired) electrons. The second-order valence-electron chi connectivity index (χ2n) is 6.88. The Hall–Kier alpha value is -2.18. The maximum Gasteiger partial charge on any atom is 0.295 e. The van der Waals surface area contributed by atoms with E-state index in [0.29, 0.717) is 27.4 Å². The standard InChI is InChI=1S/C19H18ClN3O5S3/c1-11-19(30(21,24)25)29-12(2)23(11)16-8-7-14(20)10-15(16)22-31(26,27)18-9-13-5-3-4-6-17(13)28-18/h3-10,12,22H,1-2H3,(H2,21,24,25). The van der Waals surface area contributed by atoms with Crippen molar-refractivity contribution in [2.24, 2.45) is 5.14 Å². The van der Waals surface area contributed by atoms with Crippen molar-refractivity contribution in [2.45, 2.75) is 24.3 Å². The smallest absolute Gasteiger partial charge is 0.295 e. The van der Waals surface area contributed by atoms with Gasteiger partial charge in [0.2, 0.25) is 15.1 Å². The van der Waals surface area contributed by atoms with Crippen molar-refractivity contribution < 1.29 is 21.3 Å². The van der Waals surface area contributed by atoms with E-state index in [-0.39, 0.29) is 20.4 Å². The highest BCUT2D eigenvalue weighted by molar-refractivity contribution is 8.18. The van der Waals surface area contributed by atoms with E-state index in [9.17, 15) is 16.8 Å². The van der Waals surface area contributed by atoms with Crippen LogP contribution in [0.1, 0.15) is 13.8 Å².